The summed E-state index contributed by atoms with van der Waals surface area (Å²) >= 11 is 6.28. The van der Waals surface area contributed by atoms with Crippen molar-refractivity contribution in [3.63, 3.8) is 0 Å². The number of aliphatic hydroxyl groups excluding tert-OH is 2. The van der Waals surface area contributed by atoms with Gasteiger partial charge >= 0.3 is 13.6 Å². The number of quaternary nitrogens is 1. The Kier molecular flexibility index (Phi) is 28.1. The minimum absolute atomic E-state index is 0.0170. The molecule has 31 heteroatoms. The minimum atomic E-state index is -4.43. The number of aliphatic hydroxyl groups is 2. The highest BCUT2D eigenvalue weighted by Gasteiger charge is 2.46. The van der Waals surface area contributed by atoms with Crippen molar-refractivity contribution in [2.24, 2.45) is 0 Å². The van der Waals surface area contributed by atoms with E-state index in [1.54, 1.807) is 10.9 Å². The molecular weight excluding hydrogens is 1050 g/mol. The minimum Gasteiger partial charge on any atom is -0.420 e. The van der Waals surface area contributed by atoms with Gasteiger partial charge in [0.15, 0.2) is 17.7 Å². The van der Waals surface area contributed by atoms with Gasteiger partial charge in [0.2, 0.25) is 23.1 Å². The molecule has 0 amide bonds. The van der Waals surface area contributed by atoms with Crippen molar-refractivity contribution < 1.29 is 105 Å². The predicted molar refractivity (Wildman–Crippen MR) is 253 cm³/mol. The van der Waals surface area contributed by atoms with Crippen LogP contribution in [0.5, 0.6) is 5.75 Å². The molecule has 2 fully saturated rings. The lowest BCUT2D eigenvalue weighted by Crippen LogP contribution is -2.88. The Morgan fingerprint density at radius 1 is 0.800 bits per heavy atom. The van der Waals surface area contributed by atoms with E-state index in [-0.39, 0.29) is 56.7 Å². The standard InChI is InChI=1S/C44H65ClF3N8O18P/c45-44-51-41(50-43-39(59)38(58)36(73-43)28-71-29-75(60,61)62)33(25-49)42(52-44)55-4-1-32(2-5-55)72-22-21-69-18-17-67-15-16-68-19-20-70-27-31-26-56(54-53-31)6-8-64-10-12-66-14-13-65-11-9-63-7-3-37(57)74-40-34(47)23-30(46)24-35(40)48/h23-26,32,36,38-39,43,49,58-59H,1-22,27-29H2,(H,50,51,52)(H2,60,61,62)/p+1/t36-,38-,39-,43-/m1/s1. The number of piperidine rings is 1. The Morgan fingerprint density at radius 3 is 1.95 bits per heavy atom. The zero-order valence-electron chi connectivity index (χ0n) is 41.1. The third-order valence-corrected chi connectivity index (χ3v) is 11.5. The summed E-state index contributed by atoms with van der Waals surface area (Å²) < 4.78 is 118. The number of benzene rings is 1. The summed E-state index contributed by atoms with van der Waals surface area (Å²) in [6.45, 7) is 6.77. The molecule has 26 nitrogen and oxygen atoms in total. The second-order valence-electron chi connectivity index (χ2n) is 16.5. The second-order valence-corrected chi connectivity index (χ2v) is 18.4. The van der Waals surface area contributed by atoms with E-state index in [1.807, 2.05) is 4.90 Å². The number of rotatable bonds is 39. The van der Waals surface area contributed by atoms with E-state index in [4.69, 9.17) is 78.9 Å². The maximum Gasteiger partial charge on any atom is 0.350 e. The fraction of sp³-hybridized carbons (Fsp3) is 0.682. The number of carbonyl (C=O) groups is 1. The molecule has 2 aliphatic heterocycles. The first kappa shape index (κ1) is 61.9. The molecule has 3 aromatic rings. The molecule has 75 heavy (non-hydrogen) atoms. The van der Waals surface area contributed by atoms with Gasteiger partial charge in [0.25, 0.3) is 0 Å². The molecule has 0 saturated carbocycles. The van der Waals surface area contributed by atoms with Crippen LogP contribution in [0.2, 0.25) is 5.28 Å². The van der Waals surface area contributed by atoms with Gasteiger partial charge in [-0.05, 0) is 24.4 Å². The van der Waals surface area contributed by atoms with E-state index >= 15 is 0 Å². The van der Waals surface area contributed by atoms with Crippen LogP contribution < -0.4 is 15.0 Å². The van der Waals surface area contributed by atoms with Crippen molar-refractivity contribution in [1.82, 2.24) is 25.0 Å². The number of nitrogens with two attached hydrogens (primary N) is 1. The number of halogens is 4. The smallest absolute Gasteiger partial charge is 0.350 e. The van der Waals surface area contributed by atoms with E-state index in [2.05, 4.69) is 25.0 Å². The van der Waals surface area contributed by atoms with Crippen molar-refractivity contribution in [3.8, 4) is 5.75 Å². The lowest BCUT2D eigenvalue weighted by Gasteiger charge is -2.33. The van der Waals surface area contributed by atoms with Crippen LogP contribution in [0.3, 0.4) is 0 Å². The van der Waals surface area contributed by atoms with Crippen molar-refractivity contribution in [3.05, 3.63) is 52.3 Å². The van der Waals surface area contributed by atoms with Crippen LogP contribution in [-0.2, 0) is 74.6 Å². The van der Waals surface area contributed by atoms with Crippen LogP contribution in [0, 0.1) is 22.9 Å². The molecule has 0 radical (unpaired) electrons. The summed E-state index contributed by atoms with van der Waals surface area (Å²) in [6, 6.07) is 0.833. The van der Waals surface area contributed by atoms with Crippen molar-refractivity contribution in [2.45, 2.75) is 63.1 Å². The highest BCUT2D eigenvalue weighted by molar-refractivity contribution is 7.51. The first-order valence-electron chi connectivity index (χ1n) is 24.0. The Labute approximate surface area is 434 Å². The molecule has 7 N–H and O–H groups in total. The number of nitrogens with one attached hydrogen (secondary N) is 1. The third-order valence-electron chi connectivity index (χ3n) is 10.8. The molecule has 2 saturated heterocycles. The number of carbonyl (C=O) groups excluding carboxylic acids is 1. The fourth-order valence-corrected chi connectivity index (χ4v) is 7.69. The monoisotopic (exact) mass is 1120 g/mol. The third kappa shape index (κ3) is 23.3. The Bertz CT molecular complexity index is 2180. The Morgan fingerprint density at radius 2 is 1.36 bits per heavy atom. The molecule has 0 aliphatic carbocycles. The molecule has 2 aliphatic rings. The van der Waals surface area contributed by atoms with E-state index in [1.165, 1.54) is 5.32 Å². The highest BCUT2D eigenvalue weighted by atomic mass is 35.5. The van der Waals surface area contributed by atoms with Crippen molar-refractivity contribution in [2.75, 3.05) is 137 Å². The number of ether oxygens (including phenoxy) is 12. The fourth-order valence-electron chi connectivity index (χ4n) is 7.17. The van der Waals surface area contributed by atoms with Crippen LogP contribution in [0.25, 0.3) is 0 Å². The van der Waals surface area contributed by atoms with Gasteiger partial charge in [0.1, 0.15) is 41.4 Å². The van der Waals surface area contributed by atoms with Gasteiger partial charge in [0.05, 0.1) is 144 Å². The molecule has 0 spiro atoms. The Balaban J connectivity index is 0.775. The average Bonchev–Trinajstić information content (AvgIpc) is 3.93. The average molecular weight is 1120 g/mol. The first-order chi connectivity index (χ1) is 36.2. The Hall–Kier alpha value is -3.95. The van der Waals surface area contributed by atoms with E-state index in [0.29, 0.717) is 148 Å². The van der Waals surface area contributed by atoms with Gasteiger partial charge in [-0.1, -0.05) is 5.21 Å². The summed E-state index contributed by atoms with van der Waals surface area (Å²) in [5, 5.41) is 38.6. The molecule has 1 aromatic carbocycles. The van der Waals surface area contributed by atoms with Gasteiger partial charge in [-0.3, -0.25) is 14.7 Å². The highest BCUT2D eigenvalue weighted by Crippen LogP contribution is 2.34. The molecular formula is C44H66ClF3N8O18P+. The number of anilines is 1. The molecule has 4 atom stereocenters. The lowest BCUT2D eigenvalue weighted by atomic mass is 10.1. The summed E-state index contributed by atoms with van der Waals surface area (Å²) in [6.07, 6.45) is -1.88. The second kappa shape index (κ2) is 34.0. The number of aromatic nitrogens is 5. The predicted octanol–water partition coefficient (Wildman–Crippen LogP) is 0.244. The van der Waals surface area contributed by atoms with Crippen LogP contribution in [-0.4, -0.2) is 220 Å². The van der Waals surface area contributed by atoms with Crippen LogP contribution in [0.4, 0.5) is 24.8 Å². The number of hydrogen-bond acceptors (Lipinski definition) is 22. The molecule has 5 rings (SSSR count). The zero-order valence-corrected chi connectivity index (χ0v) is 42.7. The van der Waals surface area contributed by atoms with Crippen LogP contribution in [0.15, 0.2) is 18.3 Å². The molecule has 4 heterocycles. The number of nitrogens with zero attached hydrogens (tertiary/aromatic N) is 6. The number of esters is 1. The topological polar surface area (TPSA) is 326 Å². The van der Waals surface area contributed by atoms with E-state index in [0.717, 1.165) is 6.21 Å². The molecule has 0 bridgehead atoms. The van der Waals surface area contributed by atoms with Gasteiger partial charge in [-0.15, -0.1) is 5.10 Å². The largest absolute Gasteiger partial charge is 0.420 e. The van der Waals surface area contributed by atoms with Crippen LogP contribution >= 0.6 is 19.2 Å². The van der Waals surface area contributed by atoms with Crippen molar-refractivity contribution in [1.29, 1.82) is 5.41 Å². The first-order valence-corrected chi connectivity index (χ1v) is 26.2. The van der Waals surface area contributed by atoms with Gasteiger partial charge in [-0.25, -0.2) is 17.9 Å². The maximum atomic E-state index is 13.6. The zero-order chi connectivity index (χ0) is 53.8. The summed E-state index contributed by atoms with van der Waals surface area (Å²) in [7, 11) is -4.43. The number of hydrogen-bond donors (Lipinski definition) is 6. The van der Waals surface area contributed by atoms with E-state index in [9.17, 15) is 32.7 Å². The van der Waals surface area contributed by atoms with Crippen molar-refractivity contribution >= 4 is 43.0 Å². The summed E-state index contributed by atoms with van der Waals surface area (Å²) in [5.41, 5.74) is 1.00. The summed E-state index contributed by atoms with van der Waals surface area (Å²) in [5.74, 6) is -5.00. The molecule has 0 unspecified atom stereocenters. The normalized spacial score (nSPS) is 18.3. The lowest BCUT2D eigenvalue weighted by molar-refractivity contribution is -0.664. The summed E-state index contributed by atoms with van der Waals surface area (Å²) in [4.78, 5) is 40.3. The van der Waals surface area contributed by atoms with Gasteiger partial charge < -0.3 is 87.2 Å². The quantitative estimate of drug-likeness (QED) is 0.0111. The van der Waals surface area contributed by atoms with E-state index < -0.39 is 67.7 Å². The van der Waals surface area contributed by atoms with Gasteiger partial charge in [-0.2, -0.15) is 9.97 Å². The SMILES string of the molecule is N=Cc1c([NH2+][C@@H]2O[C@H](COCP(=O)(O)O)[C@@H](O)[C@H]2O)nc(Cl)nc1N1CCC(OCCOCCOCCOCCOCc2cn(CCOCCOCCOCCOCCC(=O)Oc3c(F)cc(F)cc3F)nn2)CC1. The van der Waals surface area contributed by atoms with Gasteiger partial charge in [0, 0.05) is 31.4 Å². The molecule has 422 valence electrons. The maximum absolute atomic E-state index is 13.6. The molecule has 2 aromatic heterocycles. The van der Waals surface area contributed by atoms with Crippen LogP contribution in [0.1, 0.15) is 30.5 Å².